The number of nitrogens with one attached hydrogen (secondary N) is 1. The van der Waals surface area contributed by atoms with Crippen LogP contribution >= 0.6 is 0 Å². The van der Waals surface area contributed by atoms with Crippen molar-refractivity contribution in [2.24, 2.45) is 0 Å². The number of aromatic nitrogens is 2. The van der Waals surface area contributed by atoms with E-state index in [0.717, 1.165) is 38.2 Å². The first-order valence-electron chi connectivity index (χ1n) is 6.33. The zero-order valence-corrected chi connectivity index (χ0v) is 11.4. The van der Waals surface area contributed by atoms with E-state index in [1.54, 1.807) is 0 Å². The highest BCUT2D eigenvalue weighted by atomic mass is 15.3. The Bertz CT molecular complexity index is 407. The van der Waals surface area contributed by atoms with Crippen LogP contribution < -0.4 is 5.32 Å². The smallest absolute Gasteiger partial charge is 0.0628 e. The van der Waals surface area contributed by atoms with Crippen LogP contribution in [0.2, 0.25) is 0 Å². The second-order valence-electron chi connectivity index (χ2n) is 4.15. The predicted molar refractivity (Wildman–Crippen MR) is 72.0 cm³/mol. The molecular weight excluding hydrogens is 210 g/mol. The highest BCUT2D eigenvalue weighted by Gasteiger charge is 2.10. The van der Waals surface area contributed by atoms with Crippen molar-refractivity contribution in [1.29, 1.82) is 0 Å². The Kier molecular flexibility index (Phi) is 5.79. The van der Waals surface area contributed by atoms with E-state index < -0.39 is 0 Å². The topological polar surface area (TPSA) is 29.9 Å². The van der Waals surface area contributed by atoms with Crippen LogP contribution in [0.4, 0.5) is 0 Å². The van der Waals surface area contributed by atoms with Crippen molar-refractivity contribution < 1.29 is 0 Å². The number of rotatable bonds is 6. The van der Waals surface area contributed by atoms with E-state index in [-0.39, 0.29) is 0 Å². The van der Waals surface area contributed by atoms with E-state index in [4.69, 9.17) is 0 Å². The summed E-state index contributed by atoms with van der Waals surface area (Å²) in [6, 6.07) is 0. The van der Waals surface area contributed by atoms with Crippen molar-refractivity contribution in [3.05, 3.63) is 17.0 Å². The summed E-state index contributed by atoms with van der Waals surface area (Å²) in [5.74, 6) is 6.00. The molecule has 0 atom stereocenters. The summed E-state index contributed by atoms with van der Waals surface area (Å²) < 4.78 is 2.08. The average Bonchev–Trinajstić information content (AvgIpc) is 2.57. The van der Waals surface area contributed by atoms with Gasteiger partial charge in [-0.05, 0) is 45.8 Å². The summed E-state index contributed by atoms with van der Waals surface area (Å²) in [5.41, 5.74) is 3.83. The second-order valence-corrected chi connectivity index (χ2v) is 4.15. The third-order valence-corrected chi connectivity index (χ3v) is 2.96. The van der Waals surface area contributed by atoms with Gasteiger partial charge in [0.15, 0.2) is 0 Å². The molecule has 0 bridgehead atoms. The minimum Gasteiger partial charge on any atom is -0.317 e. The Morgan fingerprint density at radius 3 is 2.76 bits per heavy atom. The molecule has 17 heavy (non-hydrogen) atoms. The lowest BCUT2D eigenvalue weighted by molar-refractivity contribution is 0.606. The summed E-state index contributed by atoms with van der Waals surface area (Å²) in [6.07, 6.45) is 1.94. The first kappa shape index (κ1) is 13.8. The molecule has 0 aliphatic carbocycles. The fraction of sp³-hybridized carbons (Fsp3) is 0.643. The molecule has 1 heterocycles. The molecule has 1 rings (SSSR count). The average molecular weight is 233 g/mol. The Balaban J connectivity index is 2.67. The van der Waals surface area contributed by atoms with Gasteiger partial charge in [-0.25, -0.2) is 0 Å². The lowest BCUT2D eigenvalue weighted by Crippen LogP contribution is -2.16. The minimum atomic E-state index is 0.880. The molecular formula is C14H23N3. The van der Waals surface area contributed by atoms with Gasteiger partial charge in [0.1, 0.15) is 0 Å². The van der Waals surface area contributed by atoms with Gasteiger partial charge in [-0.1, -0.05) is 6.92 Å². The molecule has 3 heteroatoms. The Hall–Kier alpha value is -1.27. The van der Waals surface area contributed by atoms with Gasteiger partial charge in [0, 0.05) is 12.1 Å². The first-order valence-corrected chi connectivity index (χ1v) is 6.33. The third kappa shape index (κ3) is 3.90. The molecule has 0 spiro atoms. The van der Waals surface area contributed by atoms with Crippen LogP contribution in [0.15, 0.2) is 0 Å². The summed E-state index contributed by atoms with van der Waals surface area (Å²) in [7, 11) is 0. The SMILES string of the molecule is CC#CCCn1nc(C)c(CCNCC)c1C. The Morgan fingerprint density at radius 1 is 1.35 bits per heavy atom. The molecule has 1 aromatic rings. The molecule has 0 aliphatic rings. The van der Waals surface area contributed by atoms with Crippen LogP contribution in [0.25, 0.3) is 0 Å². The van der Waals surface area contributed by atoms with Crippen LogP contribution in [-0.2, 0) is 13.0 Å². The van der Waals surface area contributed by atoms with Crippen LogP contribution in [0.5, 0.6) is 0 Å². The molecule has 0 radical (unpaired) electrons. The van der Waals surface area contributed by atoms with E-state index in [0.29, 0.717) is 0 Å². The summed E-state index contributed by atoms with van der Waals surface area (Å²) in [5, 5.41) is 7.94. The second kappa shape index (κ2) is 7.13. The fourth-order valence-electron chi connectivity index (χ4n) is 1.99. The normalized spacial score (nSPS) is 10.1. The van der Waals surface area contributed by atoms with Gasteiger partial charge in [-0.15, -0.1) is 11.8 Å². The molecule has 3 nitrogen and oxygen atoms in total. The van der Waals surface area contributed by atoms with Crippen molar-refractivity contribution in [2.45, 2.75) is 47.1 Å². The van der Waals surface area contributed by atoms with Gasteiger partial charge in [-0.3, -0.25) is 4.68 Å². The van der Waals surface area contributed by atoms with E-state index in [1.807, 2.05) is 6.92 Å². The molecule has 0 aliphatic heterocycles. The Labute approximate surface area is 105 Å². The van der Waals surface area contributed by atoms with Crippen molar-refractivity contribution in [1.82, 2.24) is 15.1 Å². The number of nitrogens with zero attached hydrogens (tertiary/aromatic N) is 2. The third-order valence-electron chi connectivity index (χ3n) is 2.96. The minimum absolute atomic E-state index is 0.880. The lowest BCUT2D eigenvalue weighted by atomic mass is 10.1. The van der Waals surface area contributed by atoms with Crippen molar-refractivity contribution >= 4 is 0 Å². The summed E-state index contributed by atoms with van der Waals surface area (Å²) in [6.45, 7) is 11.2. The first-order chi connectivity index (χ1) is 8.20. The standard InChI is InChI=1S/C14H23N3/c1-5-7-8-11-17-13(4)14(12(3)16-17)9-10-15-6-2/h15H,6,8-11H2,1-4H3. The maximum Gasteiger partial charge on any atom is 0.0628 e. The number of hydrogen-bond acceptors (Lipinski definition) is 2. The van der Waals surface area contributed by atoms with Crippen LogP contribution in [0.1, 0.15) is 37.2 Å². The van der Waals surface area contributed by atoms with Crippen molar-refractivity contribution in [2.75, 3.05) is 13.1 Å². The highest BCUT2D eigenvalue weighted by molar-refractivity contribution is 5.24. The molecule has 0 saturated carbocycles. The number of aryl methyl sites for hydroxylation is 2. The van der Waals surface area contributed by atoms with E-state index in [2.05, 4.69) is 47.7 Å². The number of likely N-dealkylation sites (N-methyl/N-ethyl adjacent to an activating group) is 1. The molecule has 1 aromatic heterocycles. The number of hydrogen-bond donors (Lipinski definition) is 1. The largest absolute Gasteiger partial charge is 0.317 e. The van der Waals surface area contributed by atoms with Gasteiger partial charge < -0.3 is 5.32 Å². The van der Waals surface area contributed by atoms with E-state index in [9.17, 15) is 0 Å². The van der Waals surface area contributed by atoms with Gasteiger partial charge in [0.25, 0.3) is 0 Å². The maximum atomic E-state index is 4.58. The van der Waals surface area contributed by atoms with E-state index >= 15 is 0 Å². The van der Waals surface area contributed by atoms with E-state index in [1.165, 1.54) is 11.3 Å². The predicted octanol–water partition coefficient (Wildman–Crippen LogP) is 2.07. The van der Waals surface area contributed by atoms with Gasteiger partial charge in [0.05, 0.1) is 12.2 Å². The maximum absolute atomic E-state index is 4.58. The molecule has 0 aromatic carbocycles. The van der Waals surface area contributed by atoms with Gasteiger partial charge in [-0.2, -0.15) is 5.10 Å². The molecule has 1 N–H and O–H groups in total. The molecule has 0 amide bonds. The fourth-order valence-corrected chi connectivity index (χ4v) is 1.99. The molecule has 0 fully saturated rings. The van der Waals surface area contributed by atoms with Crippen molar-refractivity contribution in [3.63, 3.8) is 0 Å². The van der Waals surface area contributed by atoms with Crippen LogP contribution in [0, 0.1) is 25.7 Å². The quantitative estimate of drug-likeness (QED) is 0.602. The summed E-state index contributed by atoms with van der Waals surface area (Å²) in [4.78, 5) is 0. The molecule has 0 saturated heterocycles. The molecule has 94 valence electrons. The lowest BCUT2D eigenvalue weighted by Gasteiger charge is -2.04. The van der Waals surface area contributed by atoms with Crippen LogP contribution in [-0.4, -0.2) is 22.9 Å². The zero-order valence-electron chi connectivity index (χ0n) is 11.4. The van der Waals surface area contributed by atoms with Gasteiger partial charge in [0.2, 0.25) is 0 Å². The monoisotopic (exact) mass is 233 g/mol. The van der Waals surface area contributed by atoms with Gasteiger partial charge >= 0.3 is 0 Å². The Morgan fingerprint density at radius 2 is 2.12 bits per heavy atom. The van der Waals surface area contributed by atoms with Crippen LogP contribution in [0.3, 0.4) is 0 Å². The highest BCUT2D eigenvalue weighted by Crippen LogP contribution is 2.13. The summed E-state index contributed by atoms with van der Waals surface area (Å²) >= 11 is 0. The zero-order chi connectivity index (χ0) is 12.7. The molecule has 0 unspecified atom stereocenters. The van der Waals surface area contributed by atoms with Crippen molar-refractivity contribution in [3.8, 4) is 11.8 Å².